The standard InChI is InChI=1S/C13H15BrO2/c1-7-4-5-8(6-9(7)14)10-11(12(15)16)13(10,2)3/h4-6,10-11H,1-3H3,(H,15,16)/t10-,11+/m1/s1. The van der Waals surface area contributed by atoms with E-state index in [0.29, 0.717) is 0 Å². The van der Waals surface area contributed by atoms with E-state index in [9.17, 15) is 4.79 Å². The zero-order valence-corrected chi connectivity index (χ0v) is 11.2. The van der Waals surface area contributed by atoms with E-state index in [2.05, 4.69) is 15.9 Å². The van der Waals surface area contributed by atoms with Crippen molar-refractivity contribution >= 4 is 21.9 Å². The third-order valence-electron chi connectivity index (χ3n) is 3.65. The predicted octanol–water partition coefficient (Wildman–Crippen LogP) is 3.58. The van der Waals surface area contributed by atoms with Gasteiger partial charge >= 0.3 is 5.97 Å². The van der Waals surface area contributed by atoms with E-state index in [-0.39, 0.29) is 17.3 Å². The van der Waals surface area contributed by atoms with Crippen LogP contribution in [0.5, 0.6) is 0 Å². The van der Waals surface area contributed by atoms with Gasteiger partial charge in [0.1, 0.15) is 0 Å². The second-order valence-electron chi connectivity index (χ2n) is 5.12. The molecule has 0 aromatic heterocycles. The first-order valence-electron chi connectivity index (χ1n) is 5.34. The van der Waals surface area contributed by atoms with Crippen molar-refractivity contribution in [2.24, 2.45) is 11.3 Å². The van der Waals surface area contributed by atoms with E-state index < -0.39 is 5.97 Å². The minimum absolute atomic E-state index is 0.124. The summed E-state index contributed by atoms with van der Waals surface area (Å²) in [6.45, 7) is 6.06. The number of aryl methyl sites for hydroxylation is 1. The van der Waals surface area contributed by atoms with Crippen molar-refractivity contribution in [2.45, 2.75) is 26.7 Å². The predicted molar refractivity (Wildman–Crippen MR) is 66.5 cm³/mol. The number of carboxylic acid groups (broad SMARTS) is 1. The maximum absolute atomic E-state index is 11.1. The molecule has 86 valence electrons. The van der Waals surface area contributed by atoms with E-state index in [1.54, 1.807) is 0 Å². The fraction of sp³-hybridized carbons (Fsp3) is 0.462. The lowest BCUT2D eigenvalue weighted by Crippen LogP contribution is -2.03. The molecule has 0 amide bonds. The molecule has 2 nitrogen and oxygen atoms in total. The van der Waals surface area contributed by atoms with E-state index in [0.717, 1.165) is 10.0 Å². The van der Waals surface area contributed by atoms with Gasteiger partial charge in [-0.1, -0.05) is 41.9 Å². The Morgan fingerprint density at radius 1 is 1.44 bits per heavy atom. The summed E-state index contributed by atoms with van der Waals surface area (Å²) in [5.74, 6) is -0.796. The summed E-state index contributed by atoms with van der Waals surface area (Å²) in [7, 11) is 0. The van der Waals surface area contributed by atoms with Crippen LogP contribution in [0, 0.1) is 18.3 Å². The van der Waals surface area contributed by atoms with Crippen LogP contribution < -0.4 is 0 Å². The highest BCUT2D eigenvalue weighted by molar-refractivity contribution is 9.10. The SMILES string of the molecule is Cc1ccc([C@@H]2[C@@H](C(=O)O)C2(C)C)cc1Br. The summed E-state index contributed by atoms with van der Waals surface area (Å²) in [6, 6.07) is 6.12. The Labute approximate surface area is 104 Å². The van der Waals surface area contributed by atoms with Crippen LogP contribution in [0.15, 0.2) is 22.7 Å². The molecule has 0 unspecified atom stereocenters. The largest absolute Gasteiger partial charge is 0.481 e. The van der Waals surface area contributed by atoms with Gasteiger partial charge in [-0.15, -0.1) is 0 Å². The number of hydrogen-bond donors (Lipinski definition) is 1. The van der Waals surface area contributed by atoms with Crippen molar-refractivity contribution in [3.63, 3.8) is 0 Å². The maximum atomic E-state index is 11.1. The first-order chi connectivity index (χ1) is 7.35. The second-order valence-corrected chi connectivity index (χ2v) is 5.98. The molecule has 0 bridgehead atoms. The van der Waals surface area contributed by atoms with Gasteiger partial charge in [0, 0.05) is 10.4 Å². The molecule has 1 N–H and O–H groups in total. The summed E-state index contributed by atoms with van der Waals surface area (Å²) in [5, 5.41) is 9.13. The van der Waals surface area contributed by atoms with Gasteiger partial charge < -0.3 is 5.11 Å². The van der Waals surface area contributed by atoms with Crippen LogP contribution in [0.3, 0.4) is 0 Å². The van der Waals surface area contributed by atoms with Crippen molar-refractivity contribution in [2.75, 3.05) is 0 Å². The highest BCUT2D eigenvalue weighted by Crippen LogP contribution is 2.64. The minimum Gasteiger partial charge on any atom is -0.481 e. The Morgan fingerprint density at radius 2 is 2.06 bits per heavy atom. The molecule has 1 aliphatic rings. The number of carbonyl (C=O) groups is 1. The zero-order chi connectivity index (χ0) is 12.1. The first-order valence-corrected chi connectivity index (χ1v) is 6.14. The molecule has 0 spiro atoms. The molecule has 1 aromatic rings. The molecule has 0 heterocycles. The topological polar surface area (TPSA) is 37.3 Å². The lowest BCUT2D eigenvalue weighted by molar-refractivity contribution is -0.139. The van der Waals surface area contributed by atoms with Gasteiger partial charge in [-0.2, -0.15) is 0 Å². The van der Waals surface area contributed by atoms with Crippen LogP contribution in [0.4, 0.5) is 0 Å². The molecule has 3 heteroatoms. The average Bonchev–Trinajstić information content (AvgIpc) is 2.74. The minimum atomic E-state index is -0.688. The third-order valence-corrected chi connectivity index (χ3v) is 4.50. The smallest absolute Gasteiger partial charge is 0.307 e. The van der Waals surface area contributed by atoms with Crippen molar-refractivity contribution in [1.82, 2.24) is 0 Å². The van der Waals surface area contributed by atoms with Crippen LogP contribution in [0.25, 0.3) is 0 Å². The van der Waals surface area contributed by atoms with E-state index in [4.69, 9.17) is 5.11 Å². The molecule has 2 rings (SSSR count). The van der Waals surface area contributed by atoms with Crippen molar-refractivity contribution in [3.8, 4) is 0 Å². The molecule has 16 heavy (non-hydrogen) atoms. The number of halogens is 1. The molecule has 1 aromatic carbocycles. The monoisotopic (exact) mass is 282 g/mol. The van der Waals surface area contributed by atoms with Crippen LogP contribution in [0.1, 0.15) is 30.9 Å². The van der Waals surface area contributed by atoms with Crippen LogP contribution in [0.2, 0.25) is 0 Å². The maximum Gasteiger partial charge on any atom is 0.307 e. The van der Waals surface area contributed by atoms with Crippen molar-refractivity contribution in [1.29, 1.82) is 0 Å². The average molecular weight is 283 g/mol. The van der Waals surface area contributed by atoms with Gasteiger partial charge in [-0.25, -0.2) is 0 Å². The number of aliphatic carboxylic acids is 1. The molecular weight excluding hydrogens is 268 g/mol. The van der Waals surface area contributed by atoms with Gasteiger partial charge in [0.05, 0.1) is 5.92 Å². The highest BCUT2D eigenvalue weighted by atomic mass is 79.9. The normalized spacial score (nSPS) is 26.5. The number of benzene rings is 1. The van der Waals surface area contributed by atoms with Gasteiger partial charge in [0.15, 0.2) is 0 Å². The fourth-order valence-electron chi connectivity index (χ4n) is 2.52. The summed E-state index contributed by atoms with van der Waals surface area (Å²) >= 11 is 3.49. The van der Waals surface area contributed by atoms with Gasteiger partial charge in [0.2, 0.25) is 0 Å². The van der Waals surface area contributed by atoms with E-state index in [1.807, 2.05) is 39.0 Å². The summed E-state index contributed by atoms with van der Waals surface area (Å²) in [4.78, 5) is 11.1. The zero-order valence-electron chi connectivity index (χ0n) is 9.62. The van der Waals surface area contributed by atoms with Gasteiger partial charge in [-0.05, 0) is 29.5 Å². The number of rotatable bonds is 2. The Morgan fingerprint density at radius 3 is 2.50 bits per heavy atom. The molecular formula is C13H15BrO2. The molecule has 0 aliphatic heterocycles. The Balaban J connectivity index is 2.33. The second kappa shape index (κ2) is 3.59. The third kappa shape index (κ3) is 1.67. The quantitative estimate of drug-likeness (QED) is 0.900. The van der Waals surface area contributed by atoms with E-state index in [1.165, 1.54) is 5.56 Å². The lowest BCUT2D eigenvalue weighted by Gasteiger charge is -2.05. The van der Waals surface area contributed by atoms with Crippen LogP contribution in [-0.4, -0.2) is 11.1 Å². The molecule has 1 aliphatic carbocycles. The Bertz CT molecular complexity index is 451. The summed E-state index contributed by atoms with van der Waals surface area (Å²) in [5.41, 5.74) is 2.17. The van der Waals surface area contributed by atoms with Crippen molar-refractivity contribution in [3.05, 3.63) is 33.8 Å². The summed E-state index contributed by atoms with van der Waals surface area (Å²) in [6.07, 6.45) is 0. The van der Waals surface area contributed by atoms with E-state index >= 15 is 0 Å². The number of hydrogen-bond acceptors (Lipinski definition) is 1. The van der Waals surface area contributed by atoms with Gasteiger partial charge in [-0.3, -0.25) is 4.79 Å². The highest BCUT2D eigenvalue weighted by Gasteiger charge is 2.62. The van der Waals surface area contributed by atoms with Crippen molar-refractivity contribution < 1.29 is 9.90 Å². The summed E-state index contributed by atoms with van der Waals surface area (Å²) < 4.78 is 1.05. The molecule has 0 saturated heterocycles. The lowest BCUT2D eigenvalue weighted by atomic mass is 10.0. The molecule has 0 radical (unpaired) electrons. The molecule has 2 atom stereocenters. The molecule has 1 saturated carbocycles. The Hall–Kier alpha value is -0.830. The van der Waals surface area contributed by atoms with Crippen LogP contribution >= 0.6 is 15.9 Å². The van der Waals surface area contributed by atoms with Crippen LogP contribution in [-0.2, 0) is 4.79 Å². The Kier molecular flexibility index (Phi) is 2.61. The fourth-order valence-corrected chi connectivity index (χ4v) is 2.92. The molecule has 1 fully saturated rings. The number of carboxylic acids is 1. The first kappa shape index (κ1) is 11.6. The van der Waals surface area contributed by atoms with Gasteiger partial charge in [0.25, 0.3) is 0 Å².